The van der Waals surface area contributed by atoms with Crippen LogP contribution in [-0.2, 0) is 25.0 Å². The van der Waals surface area contributed by atoms with E-state index in [2.05, 4.69) is 17.0 Å². The Morgan fingerprint density at radius 2 is 2.42 bits per heavy atom. The van der Waals surface area contributed by atoms with Gasteiger partial charge in [0.2, 0.25) is 0 Å². The lowest BCUT2D eigenvalue weighted by Gasteiger charge is -2.31. The van der Waals surface area contributed by atoms with E-state index < -0.39 is 5.60 Å². The van der Waals surface area contributed by atoms with Crippen molar-refractivity contribution in [2.45, 2.75) is 51.2 Å². The fourth-order valence-electron chi connectivity index (χ4n) is 2.89. The van der Waals surface area contributed by atoms with Gasteiger partial charge in [-0.3, -0.25) is 0 Å². The first kappa shape index (κ1) is 12.4. The van der Waals surface area contributed by atoms with E-state index in [9.17, 15) is 5.11 Å². The summed E-state index contributed by atoms with van der Waals surface area (Å²) in [4.78, 5) is 4.29. The van der Waals surface area contributed by atoms with Crippen molar-refractivity contribution in [3.8, 4) is 0 Å². The lowest BCUT2D eigenvalue weighted by atomic mass is 9.80. The number of furan rings is 1. The Labute approximate surface area is 112 Å². The van der Waals surface area contributed by atoms with Crippen molar-refractivity contribution < 1.29 is 9.52 Å². The maximum Gasteiger partial charge on any atom is 0.138 e. The zero-order valence-electron chi connectivity index (χ0n) is 11.2. The molecular formula is C14H19N3O2. The Morgan fingerprint density at radius 3 is 3.26 bits per heavy atom. The molecule has 0 aromatic carbocycles. The molecule has 1 N–H and O–H groups in total. The summed E-state index contributed by atoms with van der Waals surface area (Å²) in [6.45, 7) is 2.94. The molecule has 0 aliphatic heterocycles. The molecule has 0 spiro atoms. The summed E-state index contributed by atoms with van der Waals surface area (Å²) in [6.07, 6.45) is 7.33. The summed E-state index contributed by atoms with van der Waals surface area (Å²) in [5, 5.41) is 15.2. The number of hydrogen-bond donors (Lipinski definition) is 1. The lowest BCUT2D eigenvalue weighted by molar-refractivity contribution is 0.0139. The van der Waals surface area contributed by atoms with Crippen molar-refractivity contribution in [3.05, 3.63) is 35.8 Å². The van der Waals surface area contributed by atoms with Gasteiger partial charge < -0.3 is 9.52 Å². The van der Waals surface area contributed by atoms with Gasteiger partial charge in [0.05, 0.1) is 6.26 Å². The van der Waals surface area contributed by atoms with E-state index in [4.69, 9.17) is 4.42 Å². The van der Waals surface area contributed by atoms with Gasteiger partial charge >= 0.3 is 0 Å². The van der Waals surface area contributed by atoms with Gasteiger partial charge in [-0.1, -0.05) is 6.92 Å². The zero-order chi connectivity index (χ0) is 13.3. The Balaban J connectivity index is 1.89. The standard InChI is InChI=1S/C14H19N3O2/c1-2-7-17-13(15-10-16-17)9-14(18)6-3-4-12-11(14)5-8-19-12/h5,8,10,18H,2-4,6-7,9H2,1H3. The summed E-state index contributed by atoms with van der Waals surface area (Å²) in [5.74, 6) is 1.76. The van der Waals surface area contributed by atoms with Crippen LogP contribution in [-0.4, -0.2) is 19.9 Å². The Kier molecular flexibility index (Phi) is 3.14. The molecule has 0 saturated heterocycles. The first-order valence-corrected chi connectivity index (χ1v) is 6.89. The summed E-state index contributed by atoms with van der Waals surface area (Å²) in [6, 6.07) is 1.88. The van der Waals surface area contributed by atoms with Gasteiger partial charge in [-0.15, -0.1) is 0 Å². The Morgan fingerprint density at radius 1 is 1.53 bits per heavy atom. The van der Waals surface area contributed by atoms with E-state index in [1.54, 1.807) is 12.6 Å². The van der Waals surface area contributed by atoms with Gasteiger partial charge in [0.1, 0.15) is 23.5 Å². The van der Waals surface area contributed by atoms with Gasteiger partial charge in [0.15, 0.2) is 0 Å². The molecule has 2 aromatic rings. The monoisotopic (exact) mass is 261 g/mol. The molecule has 2 aromatic heterocycles. The normalized spacial score (nSPS) is 22.4. The van der Waals surface area contributed by atoms with Crippen LogP contribution in [0, 0.1) is 0 Å². The Hall–Kier alpha value is -1.62. The average Bonchev–Trinajstić information content (AvgIpc) is 3.00. The van der Waals surface area contributed by atoms with E-state index in [0.29, 0.717) is 6.42 Å². The third kappa shape index (κ3) is 2.18. The van der Waals surface area contributed by atoms with Crippen LogP contribution in [0.3, 0.4) is 0 Å². The second-order valence-electron chi connectivity index (χ2n) is 5.22. The number of hydrogen-bond acceptors (Lipinski definition) is 4. The van der Waals surface area contributed by atoms with Crippen LogP contribution < -0.4 is 0 Å². The minimum absolute atomic E-state index is 0.500. The molecule has 1 aliphatic carbocycles. The molecule has 19 heavy (non-hydrogen) atoms. The number of rotatable bonds is 4. The highest BCUT2D eigenvalue weighted by atomic mass is 16.3. The second kappa shape index (κ2) is 4.81. The van der Waals surface area contributed by atoms with Crippen LogP contribution in [0.25, 0.3) is 0 Å². The summed E-state index contributed by atoms with van der Waals surface area (Å²) >= 11 is 0. The Bertz CT molecular complexity index is 561. The van der Waals surface area contributed by atoms with Gasteiger partial charge in [-0.25, -0.2) is 9.67 Å². The molecule has 1 aliphatic rings. The molecular weight excluding hydrogens is 242 g/mol. The van der Waals surface area contributed by atoms with E-state index in [1.807, 2.05) is 10.7 Å². The van der Waals surface area contributed by atoms with E-state index in [0.717, 1.165) is 49.4 Å². The van der Waals surface area contributed by atoms with Crippen molar-refractivity contribution in [3.63, 3.8) is 0 Å². The lowest BCUT2D eigenvalue weighted by Crippen LogP contribution is -2.33. The van der Waals surface area contributed by atoms with Crippen LogP contribution >= 0.6 is 0 Å². The second-order valence-corrected chi connectivity index (χ2v) is 5.22. The molecule has 0 saturated carbocycles. The summed E-state index contributed by atoms with van der Waals surface area (Å²) in [5.41, 5.74) is 0.0591. The molecule has 0 bridgehead atoms. The fraction of sp³-hybridized carbons (Fsp3) is 0.571. The maximum atomic E-state index is 10.9. The van der Waals surface area contributed by atoms with Crippen LogP contribution in [0.2, 0.25) is 0 Å². The third-order valence-corrected chi connectivity index (χ3v) is 3.82. The van der Waals surface area contributed by atoms with E-state index in [1.165, 1.54) is 0 Å². The molecule has 0 radical (unpaired) electrons. The smallest absolute Gasteiger partial charge is 0.138 e. The van der Waals surface area contributed by atoms with Gasteiger partial charge in [-0.2, -0.15) is 5.10 Å². The zero-order valence-corrected chi connectivity index (χ0v) is 11.2. The average molecular weight is 261 g/mol. The van der Waals surface area contributed by atoms with Crippen molar-refractivity contribution in [2.75, 3.05) is 0 Å². The fourth-order valence-corrected chi connectivity index (χ4v) is 2.89. The summed E-state index contributed by atoms with van der Waals surface area (Å²) in [7, 11) is 0. The number of aliphatic hydroxyl groups is 1. The van der Waals surface area contributed by atoms with Crippen LogP contribution in [0.4, 0.5) is 0 Å². The van der Waals surface area contributed by atoms with E-state index in [-0.39, 0.29) is 0 Å². The minimum atomic E-state index is -0.862. The number of nitrogens with zero attached hydrogens (tertiary/aromatic N) is 3. The number of aromatic nitrogens is 3. The summed E-state index contributed by atoms with van der Waals surface area (Å²) < 4.78 is 7.33. The van der Waals surface area contributed by atoms with Crippen LogP contribution in [0.15, 0.2) is 23.1 Å². The van der Waals surface area contributed by atoms with Crippen molar-refractivity contribution in [2.24, 2.45) is 0 Å². The molecule has 1 atom stereocenters. The van der Waals surface area contributed by atoms with Gasteiger partial charge in [0.25, 0.3) is 0 Å². The van der Waals surface area contributed by atoms with Crippen LogP contribution in [0.1, 0.15) is 43.3 Å². The highest BCUT2D eigenvalue weighted by Crippen LogP contribution is 2.38. The molecule has 1 unspecified atom stereocenters. The highest BCUT2D eigenvalue weighted by molar-refractivity contribution is 5.28. The molecule has 0 amide bonds. The van der Waals surface area contributed by atoms with Crippen molar-refractivity contribution in [1.82, 2.24) is 14.8 Å². The predicted molar refractivity (Wildman–Crippen MR) is 69.6 cm³/mol. The molecule has 2 heterocycles. The molecule has 0 fully saturated rings. The largest absolute Gasteiger partial charge is 0.469 e. The minimum Gasteiger partial charge on any atom is -0.469 e. The SMILES string of the molecule is CCCn1ncnc1CC1(O)CCCc2occc21. The quantitative estimate of drug-likeness (QED) is 0.914. The first-order valence-electron chi connectivity index (χ1n) is 6.89. The first-order chi connectivity index (χ1) is 9.23. The van der Waals surface area contributed by atoms with Crippen LogP contribution in [0.5, 0.6) is 0 Å². The predicted octanol–water partition coefficient (Wildman–Crippen LogP) is 2.05. The number of aryl methyl sites for hydroxylation is 2. The van der Waals surface area contributed by atoms with Gasteiger partial charge in [-0.05, 0) is 25.3 Å². The number of fused-ring (bicyclic) bond motifs is 1. The van der Waals surface area contributed by atoms with Gasteiger partial charge in [0, 0.05) is 24.9 Å². The van der Waals surface area contributed by atoms with Crippen molar-refractivity contribution >= 4 is 0 Å². The molecule has 3 rings (SSSR count). The molecule has 102 valence electrons. The highest BCUT2D eigenvalue weighted by Gasteiger charge is 2.37. The van der Waals surface area contributed by atoms with E-state index >= 15 is 0 Å². The van der Waals surface area contributed by atoms with Crippen molar-refractivity contribution in [1.29, 1.82) is 0 Å². The molecule has 5 heteroatoms. The topological polar surface area (TPSA) is 64.1 Å². The maximum absolute atomic E-state index is 10.9. The third-order valence-electron chi connectivity index (χ3n) is 3.82. The molecule has 5 nitrogen and oxygen atoms in total.